The zero-order chi connectivity index (χ0) is 10.7. The van der Waals surface area contributed by atoms with Crippen LogP contribution in [0.15, 0.2) is 42.7 Å². The lowest BCUT2D eigenvalue weighted by atomic mass is 10.3. The number of nitrogens with zero attached hydrogens (tertiary/aromatic N) is 2. The van der Waals surface area contributed by atoms with Gasteiger partial charge in [-0.1, -0.05) is 6.07 Å². The molecule has 1 aromatic carbocycles. The highest BCUT2D eigenvalue weighted by atomic mass is 19.3. The third-order valence-corrected chi connectivity index (χ3v) is 1.81. The molecule has 0 saturated carbocycles. The molecular weight excluding hydrogens is 202 g/mol. The van der Waals surface area contributed by atoms with E-state index in [1.807, 2.05) is 0 Å². The highest BCUT2D eigenvalue weighted by molar-refractivity contribution is 5.38. The molecule has 2 aromatic rings. The standard InChI is InChI=1S/C10H8F2N2O/c11-10(12)15-9-4-1-3-8(7-9)14-6-2-5-13-14/h1-7,10H. The number of hydrogen-bond donors (Lipinski definition) is 0. The van der Waals surface area contributed by atoms with Gasteiger partial charge in [-0.05, 0) is 18.2 Å². The smallest absolute Gasteiger partial charge is 0.387 e. The van der Waals surface area contributed by atoms with Crippen LogP contribution < -0.4 is 4.74 Å². The van der Waals surface area contributed by atoms with E-state index in [0.717, 1.165) is 0 Å². The fourth-order valence-electron chi connectivity index (χ4n) is 1.22. The van der Waals surface area contributed by atoms with Crippen LogP contribution in [-0.2, 0) is 0 Å². The molecule has 0 bridgehead atoms. The van der Waals surface area contributed by atoms with Crippen molar-refractivity contribution in [2.45, 2.75) is 6.61 Å². The first-order chi connectivity index (χ1) is 7.25. The molecule has 0 amide bonds. The molecule has 0 radical (unpaired) electrons. The number of rotatable bonds is 3. The van der Waals surface area contributed by atoms with Gasteiger partial charge in [0, 0.05) is 18.5 Å². The number of hydrogen-bond acceptors (Lipinski definition) is 2. The number of halogens is 2. The maximum Gasteiger partial charge on any atom is 0.387 e. The Morgan fingerprint density at radius 2 is 2.13 bits per heavy atom. The molecule has 0 spiro atoms. The van der Waals surface area contributed by atoms with Gasteiger partial charge in [0.2, 0.25) is 0 Å². The van der Waals surface area contributed by atoms with Gasteiger partial charge < -0.3 is 4.74 Å². The molecule has 0 fully saturated rings. The summed E-state index contributed by atoms with van der Waals surface area (Å²) < 4.78 is 29.7. The molecule has 0 atom stereocenters. The zero-order valence-corrected chi connectivity index (χ0v) is 7.68. The molecule has 5 heteroatoms. The van der Waals surface area contributed by atoms with Crippen molar-refractivity contribution >= 4 is 0 Å². The summed E-state index contributed by atoms with van der Waals surface area (Å²) in [5.41, 5.74) is 0.679. The van der Waals surface area contributed by atoms with E-state index >= 15 is 0 Å². The predicted octanol–water partition coefficient (Wildman–Crippen LogP) is 2.47. The third kappa shape index (κ3) is 2.31. The Balaban J connectivity index is 2.27. The van der Waals surface area contributed by atoms with Gasteiger partial charge in [-0.25, -0.2) is 4.68 Å². The monoisotopic (exact) mass is 210 g/mol. The molecule has 78 valence electrons. The maximum atomic E-state index is 12.0. The van der Waals surface area contributed by atoms with Gasteiger partial charge in [-0.3, -0.25) is 0 Å². The quantitative estimate of drug-likeness (QED) is 0.778. The summed E-state index contributed by atoms with van der Waals surface area (Å²) in [5.74, 6) is 0.123. The minimum absolute atomic E-state index is 0.123. The summed E-state index contributed by atoms with van der Waals surface area (Å²) in [6.45, 7) is -2.81. The van der Waals surface area contributed by atoms with Crippen LogP contribution in [0.5, 0.6) is 5.75 Å². The third-order valence-electron chi connectivity index (χ3n) is 1.81. The van der Waals surface area contributed by atoms with Crippen molar-refractivity contribution in [2.75, 3.05) is 0 Å². The van der Waals surface area contributed by atoms with Crippen LogP contribution in [0.1, 0.15) is 0 Å². The zero-order valence-electron chi connectivity index (χ0n) is 7.68. The van der Waals surface area contributed by atoms with Crippen LogP contribution in [0.25, 0.3) is 5.69 Å². The molecule has 0 saturated heterocycles. The molecule has 0 N–H and O–H groups in total. The molecule has 0 aliphatic carbocycles. The van der Waals surface area contributed by atoms with Crippen molar-refractivity contribution in [3.8, 4) is 11.4 Å². The summed E-state index contributed by atoms with van der Waals surface area (Å²) in [7, 11) is 0. The Morgan fingerprint density at radius 3 is 2.80 bits per heavy atom. The minimum atomic E-state index is -2.81. The highest BCUT2D eigenvalue weighted by Crippen LogP contribution is 2.17. The van der Waals surface area contributed by atoms with Crippen molar-refractivity contribution in [3.63, 3.8) is 0 Å². The summed E-state index contributed by atoms with van der Waals surface area (Å²) in [6, 6.07) is 8.11. The second kappa shape index (κ2) is 4.08. The van der Waals surface area contributed by atoms with Crippen LogP contribution >= 0.6 is 0 Å². The largest absolute Gasteiger partial charge is 0.435 e. The van der Waals surface area contributed by atoms with E-state index in [1.165, 1.54) is 12.1 Å². The van der Waals surface area contributed by atoms with Gasteiger partial charge in [0.25, 0.3) is 0 Å². The Morgan fingerprint density at radius 1 is 1.27 bits per heavy atom. The van der Waals surface area contributed by atoms with Crippen molar-refractivity contribution in [1.29, 1.82) is 0 Å². The van der Waals surface area contributed by atoms with E-state index in [1.54, 1.807) is 35.3 Å². The summed E-state index contributed by atoms with van der Waals surface area (Å²) in [5, 5.41) is 3.98. The first kappa shape index (κ1) is 9.64. The molecule has 0 aliphatic rings. The van der Waals surface area contributed by atoms with Crippen molar-refractivity contribution in [2.24, 2.45) is 0 Å². The van der Waals surface area contributed by atoms with Gasteiger partial charge in [0.05, 0.1) is 5.69 Å². The highest BCUT2D eigenvalue weighted by Gasteiger charge is 2.05. The maximum absolute atomic E-state index is 12.0. The lowest BCUT2D eigenvalue weighted by Crippen LogP contribution is -2.02. The summed E-state index contributed by atoms with van der Waals surface area (Å²) >= 11 is 0. The molecule has 1 heterocycles. The average Bonchev–Trinajstić information content (AvgIpc) is 2.69. The van der Waals surface area contributed by atoms with E-state index in [4.69, 9.17) is 0 Å². The summed E-state index contributed by atoms with van der Waals surface area (Å²) in [6.07, 6.45) is 3.34. The SMILES string of the molecule is FC(F)Oc1cccc(-n2cccn2)c1. The van der Waals surface area contributed by atoms with Crippen molar-refractivity contribution < 1.29 is 13.5 Å². The van der Waals surface area contributed by atoms with Crippen LogP contribution in [0, 0.1) is 0 Å². The number of alkyl halides is 2. The van der Waals surface area contributed by atoms with Crippen LogP contribution in [0.4, 0.5) is 8.78 Å². The van der Waals surface area contributed by atoms with E-state index < -0.39 is 6.61 Å². The molecular formula is C10H8F2N2O. The van der Waals surface area contributed by atoms with Crippen LogP contribution in [0.2, 0.25) is 0 Å². The number of aromatic nitrogens is 2. The van der Waals surface area contributed by atoms with E-state index in [9.17, 15) is 8.78 Å². The lowest BCUT2D eigenvalue weighted by molar-refractivity contribution is -0.0498. The number of benzene rings is 1. The molecule has 0 unspecified atom stereocenters. The Kier molecular flexibility index (Phi) is 2.62. The second-order valence-corrected chi connectivity index (χ2v) is 2.83. The van der Waals surface area contributed by atoms with Crippen LogP contribution in [0.3, 0.4) is 0 Å². The Hall–Kier alpha value is -1.91. The topological polar surface area (TPSA) is 27.1 Å². The molecule has 2 rings (SSSR count). The molecule has 15 heavy (non-hydrogen) atoms. The Bertz CT molecular complexity index is 429. The normalized spacial score (nSPS) is 10.6. The van der Waals surface area contributed by atoms with Crippen molar-refractivity contribution in [1.82, 2.24) is 9.78 Å². The van der Waals surface area contributed by atoms with E-state index in [-0.39, 0.29) is 5.75 Å². The Labute approximate surface area is 84.9 Å². The van der Waals surface area contributed by atoms with E-state index in [2.05, 4.69) is 9.84 Å². The van der Waals surface area contributed by atoms with Gasteiger partial charge in [0.1, 0.15) is 5.75 Å². The van der Waals surface area contributed by atoms with E-state index in [0.29, 0.717) is 5.69 Å². The predicted molar refractivity (Wildman–Crippen MR) is 50.2 cm³/mol. The minimum Gasteiger partial charge on any atom is -0.435 e. The van der Waals surface area contributed by atoms with Gasteiger partial charge >= 0.3 is 6.61 Å². The fraction of sp³-hybridized carbons (Fsp3) is 0.100. The van der Waals surface area contributed by atoms with Gasteiger partial charge in [-0.15, -0.1) is 0 Å². The van der Waals surface area contributed by atoms with Gasteiger partial charge in [0.15, 0.2) is 0 Å². The van der Waals surface area contributed by atoms with Crippen LogP contribution in [-0.4, -0.2) is 16.4 Å². The lowest BCUT2D eigenvalue weighted by Gasteiger charge is -2.06. The van der Waals surface area contributed by atoms with Crippen molar-refractivity contribution in [3.05, 3.63) is 42.7 Å². The number of ether oxygens (including phenoxy) is 1. The fourth-order valence-corrected chi connectivity index (χ4v) is 1.22. The summed E-state index contributed by atoms with van der Waals surface area (Å²) in [4.78, 5) is 0. The molecule has 0 aliphatic heterocycles. The molecule has 3 nitrogen and oxygen atoms in total. The average molecular weight is 210 g/mol. The second-order valence-electron chi connectivity index (χ2n) is 2.83. The molecule has 1 aromatic heterocycles. The van der Waals surface area contributed by atoms with Gasteiger partial charge in [-0.2, -0.15) is 13.9 Å². The first-order valence-corrected chi connectivity index (χ1v) is 4.30. The first-order valence-electron chi connectivity index (χ1n) is 4.30.